The molecule has 0 unspecified atom stereocenters. The summed E-state index contributed by atoms with van der Waals surface area (Å²) in [5.74, 6) is -0.379. The molecule has 7 nitrogen and oxygen atoms in total. The van der Waals surface area contributed by atoms with Gasteiger partial charge >= 0.3 is 6.03 Å². The van der Waals surface area contributed by atoms with Gasteiger partial charge in [0.1, 0.15) is 18.6 Å². The minimum Gasteiger partial charge on any atom is -0.394 e. The molecule has 0 aromatic heterocycles. The van der Waals surface area contributed by atoms with Crippen LogP contribution in [0.2, 0.25) is 0 Å². The molecule has 102 valence electrons. The fourth-order valence-corrected chi connectivity index (χ4v) is 1.89. The highest BCUT2D eigenvalue weighted by Crippen LogP contribution is 2.29. The summed E-state index contributed by atoms with van der Waals surface area (Å²) in [4.78, 5) is 23.2. The second kappa shape index (κ2) is 6.48. The molecule has 2 amide bonds. The third-order valence-corrected chi connectivity index (χ3v) is 2.91. The van der Waals surface area contributed by atoms with Crippen molar-refractivity contribution in [2.24, 2.45) is 5.92 Å². The molecule has 1 aliphatic heterocycles. The molecule has 1 aliphatic rings. The third-order valence-electron chi connectivity index (χ3n) is 2.91. The molecule has 0 aromatic rings. The first-order valence-electron chi connectivity index (χ1n) is 5.63. The van der Waals surface area contributed by atoms with Gasteiger partial charge in [-0.15, -0.1) is 0 Å². The van der Waals surface area contributed by atoms with Crippen LogP contribution in [0.1, 0.15) is 6.92 Å². The van der Waals surface area contributed by atoms with E-state index in [1.54, 1.807) is 6.92 Å². The van der Waals surface area contributed by atoms with E-state index in [1.165, 1.54) is 18.1 Å². The molecule has 3 N–H and O–H groups in total. The summed E-state index contributed by atoms with van der Waals surface area (Å²) in [5, 5.41) is 21.3. The number of carbonyl (C=O) groups is 2. The summed E-state index contributed by atoms with van der Waals surface area (Å²) in [5.41, 5.74) is 0. The SMILES string of the molecule is CNC(=O)N(/C=C\C=O)[C@@H]1O[C@H](CO)[C@@H](O)[C@@H]1C. The second-order valence-corrected chi connectivity index (χ2v) is 4.04. The maximum Gasteiger partial charge on any atom is 0.323 e. The zero-order valence-corrected chi connectivity index (χ0v) is 10.3. The Labute approximate surface area is 105 Å². The zero-order valence-electron chi connectivity index (χ0n) is 10.3. The summed E-state index contributed by atoms with van der Waals surface area (Å²) >= 11 is 0. The average Bonchev–Trinajstić information content (AvgIpc) is 2.66. The molecule has 0 radical (unpaired) electrons. The molecule has 1 rings (SSSR count). The summed E-state index contributed by atoms with van der Waals surface area (Å²) in [6.07, 6.45) is 0.644. The van der Waals surface area contributed by atoms with Crippen LogP contribution in [0.25, 0.3) is 0 Å². The van der Waals surface area contributed by atoms with E-state index in [2.05, 4.69) is 5.32 Å². The maximum atomic E-state index is 11.7. The van der Waals surface area contributed by atoms with E-state index in [4.69, 9.17) is 9.84 Å². The minimum absolute atomic E-state index is 0.332. The molecule has 7 heteroatoms. The monoisotopic (exact) mass is 258 g/mol. The van der Waals surface area contributed by atoms with Gasteiger partial charge < -0.3 is 20.3 Å². The van der Waals surface area contributed by atoms with Gasteiger partial charge in [-0.05, 0) is 6.08 Å². The minimum atomic E-state index is -0.864. The van der Waals surface area contributed by atoms with Crippen molar-refractivity contribution >= 4 is 12.3 Å². The Hall–Kier alpha value is -1.44. The summed E-state index contributed by atoms with van der Waals surface area (Å²) < 4.78 is 5.42. The lowest BCUT2D eigenvalue weighted by Crippen LogP contribution is -2.44. The van der Waals surface area contributed by atoms with E-state index in [-0.39, 0.29) is 12.5 Å². The lowest BCUT2D eigenvalue weighted by atomic mass is 10.0. The Kier molecular flexibility index (Phi) is 5.26. The Balaban J connectivity index is 2.89. The molecule has 0 bridgehead atoms. The van der Waals surface area contributed by atoms with E-state index in [0.717, 1.165) is 6.08 Å². The highest BCUT2D eigenvalue weighted by atomic mass is 16.5. The average molecular weight is 258 g/mol. The van der Waals surface area contributed by atoms with Crippen LogP contribution in [0, 0.1) is 5.92 Å². The van der Waals surface area contributed by atoms with Crippen LogP contribution in [0.5, 0.6) is 0 Å². The van der Waals surface area contributed by atoms with Crippen LogP contribution >= 0.6 is 0 Å². The number of rotatable bonds is 4. The van der Waals surface area contributed by atoms with Gasteiger partial charge in [0, 0.05) is 19.2 Å². The molecule has 4 atom stereocenters. The quantitative estimate of drug-likeness (QED) is 0.446. The molecule has 0 aromatic carbocycles. The van der Waals surface area contributed by atoms with E-state index in [0.29, 0.717) is 6.29 Å². The summed E-state index contributed by atoms with van der Waals surface area (Å²) in [6, 6.07) is -0.462. The fourth-order valence-electron chi connectivity index (χ4n) is 1.89. The van der Waals surface area contributed by atoms with Gasteiger partial charge in [0.05, 0.1) is 12.7 Å². The third kappa shape index (κ3) is 2.87. The van der Waals surface area contributed by atoms with Crippen molar-refractivity contribution in [3.05, 3.63) is 12.3 Å². The molecular formula is C11H18N2O5. The molecule has 18 heavy (non-hydrogen) atoms. The number of aldehydes is 1. The first-order valence-corrected chi connectivity index (χ1v) is 5.63. The van der Waals surface area contributed by atoms with Crippen molar-refractivity contribution in [1.29, 1.82) is 0 Å². The topological polar surface area (TPSA) is 99.1 Å². The van der Waals surface area contributed by atoms with Gasteiger partial charge in [-0.3, -0.25) is 9.69 Å². The molecule has 1 fully saturated rings. The maximum absolute atomic E-state index is 11.7. The highest BCUT2D eigenvalue weighted by Gasteiger charge is 2.44. The summed E-state index contributed by atoms with van der Waals surface area (Å²) in [6.45, 7) is 1.37. The number of hydrogen-bond acceptors (Lipinski definition) is 5. The number of amides is 2. The van der Waals surface area contributed by atoms with Crippen LogP contribution < -0.4 is 5.32 Å². The number of nitrogens with one attached hydrogen (secondary N) is 1. The normalized spacial score (nSPS) is 31.6. The first-order chi connectivity index (χ1) is 8.56. The van der Waals surface area contributed by atoms with Crippen LogP contribution in [0.3, 0.4) is 0 Å². The number of carbonyl (C=O) groups excluding carboxylic acids is 2. The number of ether oxygens (including phenoxy) is 1. The van der Waals surface area contributed by atoms with Crippen molar-refractivity contribution in [2.75, 3.05) is 13.7 Å². The summed E-state index contributed by atoms with van der Waals surface area (Å²) in [7, 11) is 1.45. The largest absolute Gasteiger partial charge is 0.394 e. The molecule has 0 saturated carbocycles. The fraction of sp³-hybridized carbons (Fsp3) is 0.636. The van der Waals surface area contributed by atoms with Crippen LogP contribution in [0.4, 0.5) is 4.79 Å². The predicted molar refractivity (Wildman–Crippen MR) is 62.4 cm³/mol. The van der Waals surface area contributed by atoms with Gasteiger partial charge in [0.2, 0.25) is 0 Å². The molecular weight excluding hydrogens is 240 g/mol. The smallest absolute Gasteiger partial charge is 0.323 e. The highest BCUT2D eigenvalue weighted by molar-refractivity contribution is 5.76. The molecule has 0 spiro atoms. The second-order valence-electron chi connectivity index (χ2n) is 4.04. The van der Waals surface area contributed by atoms with Gasteiger partial charge in [0.15, 0.2) is 0 Å². The predicted octanol–water partition coefficient (Wildman–Crippen LogP) is -0.945. The van der Waals surface area contributed by atoms with E-state index in [9.17, 15) is 14.7 Å². The number of hydrogen-bond donors (Lipinski definition) is 3. The molecule has 1 heterocycles. The van der Waals surface area contributed by atoms with Crippen molar-refractivity contribution in [1.82, 2.24) is 10.2 Å². The van der Waals surface area contributed by atoms with Gasteiger partial charge in [-0.2, -0.15) is 0 Å². The van der Waals surface area contributed by atoms with Gasteiger partial charge in [-0.1, -0.05) is 6.92 Å². The van der Waals surface area contributed by atoms with Crippen molar-refractivity contribution < 1.29 is 24.5 Å². The van der Waals surface area contributed by atoms with Crippen molar-refractivity contribution in [3.63, 3.8) is 0 Å². The van der Waals surface area contributed by atoms with Gasteiger partial charge in [-0.25, -0.2) is 4.79 Å². The standard InChI is InChI=1S/C11H18N2O5/c1-7-9(16)8(6-15)18-10(7)13(4-3-5-14)11(17)12-2/h3-5,7-10,15-16H,6H2,1-2H3,(H,12,17)/b4-3-/t7-,8+,9-,10+/m0/s1. The number of allylic oxidation sites excluding steroid dienone is 1. The Morgan fingerprint density at radius 2 is 2.22 bits per heavy atom. The Morgan fingerprint density at radius 3 is 2.67 bits per heavy atom. The van der Waals surface area contributed by atoms with Gasteiger partial charge in [0.25, 0.3) is 0 Å². The lowest BCUT2D eigenvalue weighted by molar-refractivity contribution is -0.104. The Morgan fingerprint density at radius 1 is 1.56 bits per heavy atom. The first kappa shape index (κ1) is 14.6. The van der Waals surface area contributed by atoms with E-state index < -0.39 is 24.5 Å². The number of aliphatic hydroxyl groups excluding tert-OH is 2. The van der Waals surface area contributed by atoms with Crippen molar-refractivity contribution in [2.45, 2.75) is 25.4 Å². The van der Waals surface area contributed by atoms with Crippen LogP contribution in [-0.4, -0.2) is 59.5 Å². The van der Waals surface area contributed by atoms with E-state index in [1.807, 2.05) is 0 Å². The molecule has 0 aliphatic carbocycles. The number of aliphatic hydroxyl groups is 2. The number of urea groups is 1. The zero-order chi connectivity index (χ0) is 13.7. The lowest BCUT2D eigenvalue weighted by Gasteiger charge is -2.27. The van der Waals surface area contributed by atoms with Crippen molar-refractivity contribution in [3.8, 4) is 0 Å². The molecule has 1 saturated heterocycles. The van der Waals surface area contributed by atoms with Crippen LogP contribution in [0.15, 0.2) is 12.3 Å². The van der Waals surface area contributed by atoms with Crippen LogP contribution in [-0.2, 0) is 9.53 Å². The number of nitrogens with zero attached hydrogens (tertiary/aromatic N) is 1. The Bertz CT molecular complexity index is 333. The van der Waals surface area contributed by atoms with E-state index >= 15 is 0 Å².